The Balaban J connectivity index is 1.67. The fourth-order valence-corrected chi connectivity index (χ4v) is 3.23. The highest BCUT2D eigenvalue weighted by molar-refractivity contribution is 6.31. The van der Waals surface area contributed by atoms with E-state index in [4.69, 9.17) is 16.7 Å². The third-order valence-electron chi connectivity index (χ3n) is 4.33. The van der Waals surface area contributed by atoms with Gasteiger partial charge in [0.1, 0.15) is 0 Å². The quantitative estimate of drug-likeness (QED) is 0.933. The first kappa shape index (κ1) is 14.3. The molecule has 1 heterocycles. The SMILES string of the molecule is O=C(C1CC1c1ccccc1Cl)N1CCC(F)(C(=O)O)C1. The number of carbonyl (C=O) groups excluding carboxylic acids is 1. The van der Waals surface area contributed by atoms with Crippen LogP contribution in [0.4, 0.5) is 4.39 Å². The van der Waals surface area contributed by atoms with Crippen LogP contribution >= 0.6 is 11.6 Å². The second-order valence-electron chi connectivity index (χ2n) is 5.75. The van der Waals surface area contributed by atoms with Crippen molar-refractivity contribution in [3.8, 4) is 0 Å². The third kappa shape index (κ3) is 2.50. The zero-order valence-electron chi connectivity index (χ0n) is 11.3. The summed E-state index contributed by atoms with van der Waals surface area (Å²) in [6, 6.07) is 7.37. The lowest BCUT2D eigenvalue weighted by Gasteiger charge is -2.18. The summed E-state index contributed by atoms with van der Waals surface area (Å²) in [6.45, 7) is -0.194. The number of hydrogen-bond acceptors (Lipinski definition) is 2. The van der Waals surface area contributed by atoms with E-state index in [9.17, 15) is 14.0 Å². The summed E-state index contributed by atoms with van der Waals surface area (Å²) in [6.07, 6.45) is 0.545. The molecule has 1 aliphatic carbocycles. The minimum Gasteiger partial charge on any atom is -0.479 e. The first-order valence-electron chi connectivity index (χ1n) is 6.88. The van der Waals surface area contributed by atoms with Gasteiger partial charge < -0.3 is 10.0 Å². The van der Waals surface area contributed by atoms with Gasteiger partial charge in [0, 0.05) is 23.9 Å². The highest BCUT2D eigenvalue weighted by Crippen LogP contribution is 2.51. The van der Waals surface area contributed by atoms with Gasteiger partial charge in [-0.25, -0.2) is 9.18 Å². The van der Waals surface area contributed by atoms with Gasteiger partial charge in [0.2, 0.25) is 11.6 Å². The molecule has 3 atom stereocenters. The van der Waals surface area contributed by atoms with Crippen LogP contribution in [0.15, 0.2) is 24.3 Å². The van der Waals surface area contributed by atoms with E-state index in [-0.39, 0.29) is 37.3 Å². The molecule has 1 aromatic rings. The number of carbonyl (C=O) groups is 2. The predicted molar refractivity (Wildman–Crippen MR) is 75.0 cm³/mol. The molecule has 3 rings (SSSR count). The summed E-state index contributed by atoms with van der Waals surface area (Å²) in [5.74, 6) is -1.80. The van der Waals surface area contributed by atoms with Gasteiger partial charge in [0.15, 0.2) is 0 Å². The maximum atomic E-state index is 14.0. The minimum atomic E-state index is -2.30. The van der Waals surface area contributed by atoms with Gasteiger partial charge >= 0.3 is 5.97 Å². The summed E-state index contributed by atoms with van der Waals surface area (Å²) in [5, 5.41) is 9.49. The number of benzene rings is 1. The molecule has 1 saturated heterocycles. The molecule has 1 aliphatic heterocycles. The number of aliphatic carboxylic acids is 1. The van der Waals surface area contributed by atoms with Crippen molar-refractivity contribution in [3.05, 3.63) is 34.9 Å². The Labute approximate surface area is 126 Å². The smallest absolute Gasteiger partial charge is 0.343 e. The van der Waals surface area contributed by atoms with E-state index in [2.05, 4.69) is 0 Å². The Morgan fingerprint density at radius 2 is 2.10 bits per heavy atom. The van der Waals surface area contributed by atoms with Gasteiger partial charge in [-0.1, -0.05) is 29.8 Å². The number of rotatable bonds is 3. The summed E-state index contributed by atoms with van der Waals surface area (Å²) >= 11 is 6.11. The summed E-state index contributed by atoms with van der Waals surface area (Å²) < 4.78 is 14.0. The molecule has 3 unspecified atom stereocenters. The van der Waals surface area contributed by atoms with Gasteiger partial charge in [0.05, 0.1) is 6.54 Å². The van der Waals surface area contributed by atoms with Crippen molar-refractivity contribution in [1.82, 2.24) is 4.90 Å². The van der Waals surface area contributed by atoms with Gasteiger partial charge in [-0.2, -0.15) is 0 Å². The number of alkyl halides is 1. The van der Waals surface area contributed by atoms with Crippen molar-refractivity contribution in [2.45, 2.75) is 24.4 Å². The highest BCUT2D eigenvalue weighted by Gasteiger charge is 2.52. The molecule has 2 aliphatic rings. The van der Waals surface area contributed by atoms with Gasteiger partial charge in [-0.05, 0) is 24.0 Å². The van der Waals surface area contributed by atoms with Crippen LogP contribution in [0, 0.1) is 5.92 Å². The molecule has 1 saturated carbocycles. The number of halogens is 2. The van der Waals surface area contributed by atoms with Crippen LogP contribution < -0.4 is 0 Å². The van der Waals surface area contributed by atoms with Crippen LogP contribution in [0.2, 0.25) is 5.02 Å². The zero-order chi connectivity index (χ0) is 15.2. The van der Waals surface area contributed by atoms with E-state index in [1.807, 2.05) is 18.2 Å². The number of carboxylic acids is 1. The molecule has 112 valence electrons. The molecule has 1 amide bonds. The molecular formula is C15H15ClFNO3. The summed E-state index contributed by atoms with van der Waals surface area (Å²) in [7, 11) is 0. The largest absolute Gasteiger partial charge is 0.479 e. The number of amides is 1. The average molecular weight is 312 g/mol. The fourth-order valence-electron chi connectivity index (χ4n) is 2.96. The fraction of sp³-hybridized carbons (Fsp3) is 0.467. The number of likely N-dealkylation sites (tertiary alicyclic amines) is 1. The van der Waals surface area contributed by atoms with Crippen LogP contribution in [0.3, 0.4) is 0 Å². The molecule has 21 heavy (non-hydrogen) atoms. The Morgan fingerprint density at radius 1 is 1.38 bits per heavy atom. The molecule has 1 N–H and O–H groups in total. The Kier molecular flexibility index (Phi) is 3.40. The second-order valence-corrected chi connectivity index (χ2v) is 6.16. The van der Waals surface area contributed by atoms with Crippen LogP contribution in [-0.4, -0.2) is 40.6 Å². The third-order valence-corrected chi connectivity index (χ3v) is 4.67. The lowest BCUT2D eigenvalue weighted by Crippen LogP contribution is -2.39. The van der Waals surface area contributed by atoms with Crippen LogP contribution in [0.25, 0.3) is 0 Å². The van der Waals surface area contributed by atoms with Crippen molar-refractivity contribution in [1.29, 1.82) is 0 Å². The molecule has 2 fully saturated rings. The molecule has 0 spiro atoms. The van der Waals surface area contributed by atoms with Crippen molar-refractivity contribution in [2.75, 3.05) is 13.1 Å². The number of nitrogens with zero attached hydrogens (tertiary/aromatic N) is 1. The van der Waals surface area contributed by atoms with Crippen LogP contribution in [-0.2, 0) is 9.59 Å². The van der Waals surface area contributed by atoms with E-state index < -0.39 is 11.6 Å². The average Bonchev–Trinajstić information content (AvgIpc) is 3.13. The maximum Gasteiger partial charge on any atom is 0.343 e. The van der Waals surface area contributed by atoms with E-state index in [1.54, 1.807) is 6.07 Å². The first-order valence-corrected chi connectivity index (χ1v) is 7.26. The van der Waals surface area contributed by atoms with E-state index in [0.717, 1.165) is 5.56 Å². The van der Waals surface area contributed by atoms with Gasteiger partial charge in [-0.15, -0.1) is 0 Å². The second kappa shape index (κ2) is 4.98. The topological polar surface area (TPSA) is 57.6 Å². The molecule has 0 bridgehead atoms. The van der Waals surface area contributed by atoms with E-state index in [1.165, 1.54) is 4.90 Å². The zero-order valence-corrected chi connectivity index (χ0v) is 12.0. The molecular weight excluding hydrogens is 297 g/mol. The number of hydrogen-bond donors (Lipinski definition) is 1. The molecule has 0 radical (unpaired) electrons. The first-order chi connectivity index (χ1) is 9.92. The van der Waals surface area contributed by atoms with Crippen LogP contribution in [0.5, 0.6) is 0 Å². The lowest BCUT2D eigenvalue weighted by molar-refractivity contribution is -0.150. The molecule has 4 nitrogen and oxygen atoms in total. The maximum absolute atomic E-state index is 14.0. The monoisotopic (exact) mass is 311 g/mol. The summed E-state index contributed by atoms with van der Waals surface area (Å²) in [4.78, 5) is 24.5. The normalized spacial score (nSPS) is 31.2. The minimum absolute atomic E-state index is 0.0608. The van der Waals surface area contributed by atoms with Crippen molar-refractivity contribution in [3.63, 3.8) is 0 Å². The predicted octanol–water partition coefficient (Wildman–Crippen LogP) is 2.47. The lowest BCUT2D eigenvalue weighted by atomic mass is 10.1. The van der Waals surface area contributed by atoms with Crippen LogP contribution in [0.1, 0.15) is 24.3 Å². The molecule has 6 heteroatoms. The van der Waals surface area contributed by atoms with E-state index >= 15 is 0 Å². The Bertz CT molecular complexity index is 608. The Morgan fingerprint density at radius 3 is 2.71 bits per heavy atom. The molecule has 1 aromatic carbocycles. The Hall–Kier alpha value is -1.62. The van der Waals surface area contributed by atoms with E-state index in [0.29, 0.717) is 11.4 Å². The highest BCUT2D eigenvalue weighted by atomic mass is 35.5. The summed E-state index contributed by atoms with van der Waals surface area (Å²) in [5.41, 5.74) is -1.37. The van der Waals surface area contributed by atoms with Crippen molar-refractivity contribution in [2.24, 2.45) is 5.92 Å². The number of carboxylic acid groups (broad SMARTS) is 1. The van der Waals surface area contributed by atoms with Crippen molar-refractivity contribution < 1.29 is 19.1 Å². The molecule has 0 aromatic heterocycles. The van der Waals surface area contributed by atoms with Gasteiger partial charge in [-0.3, -0.25) is 4.79 Å². The standard InChI is InChI=1S/C15H15ClFNO3/c16-12-4-2-1-3-9(12)10-7-11(10)13(19)18-6-5-15(17,8-18)14(20)21/h1-4,10-11H,5-8H2,(H,20,21). The van der Waals surface area contributed by atoms with Crippen molar-refractivity contribution >= 4 is 23.5 Å². The van der Waals surface area contributed by atoms with Gasteiger partial charge in [0.25, 0.3) is 0 Å².